The van der Waals surface area contributed by atoms with Gasteiger partial charge in [0.15, 0.2) is 15.1 Å². The van der Waals surface area contributed by atoms with Crippen LogP contribution in [0, 0.1) is 6.92 Å². The lowest BCUT2D eigenvalue weighted by Crippen LogP contribution is -2.31. The number of carboxylic acid groups (broad SMARTS) is 1. The molecule has 6 heteroatoms. The number of benzene rings is 2. The molecule has 0 saturated heterocycles. The van der Waals surface area contributed by atoms with Gasteiger partial charge in [-0.1, -0.05) is 60.2 Å². The highest BCUT2D eigenvalue weighted by atomic mass is 32.2. The van der Waals surface area contributed by atoms with Crippen molar-refractivity contribution in [3.63, 3.8) is 0 Å². The van der Waals surface area contributed by atoms with Crippen molar-refractivity contribution in [2.24, 2.45) is 0 Å². The van der Waals surface area contributed by atoms with Gasteiger partial charge >= 0.3 is 5.97 Å². The van der Waals surface area contributed by atoms with Crippen molar-refractivity contribution in [2.75, 3.05) is 13.2 Å². The van der Waals surface area contributed by atoms with Gasteiger partial charge in [-0.15, -0.1) is 0 Å². The fourth-order valence-corrected chi connectivity index (χ4v) is 3.91. The quantitative estimate of drug-likeness (QED) is 0.681. The highest BCUT2D eigenvalue weighted by Gasteiger charge is 2.33. The maximum absolute atomic E-state index is 12.5. The average molecular weight is 374 g/mol. The summed E-state index contributed by atoms with van der Waals surface area (Å²) in [5.74, 6) is -1.37. The lowest BCUT2D eigenvalue weighted by Gasteiger charge is -2.13. The van der Waals surface area contributed by atoms with E-state index in [1.807, 2.05) is 43.3 Å². The molecule has 0 aliphatic carbocycles. The Kier molecular flexibility index (Phi) is 7.12. The number of carbonyl (C=O) groups is 1. The van der Waals surface area contributed by atoms with E-state index < -0.39 is 21.1 Å². The zero-order valence-corrected chi connectivity index (χ0v) is 15.4. The van der Waals surface area contributed by atoms with Crippen molar-refractivity contribution < 1.29 is 23.1 Å². The molecule has 2 rings (SSSR count). The summed E-state index contributed by atoms with van der Waals surface area (Å²) in [4.78, 5) is 11.5. The Hall–Kier alpha value is -2.44. The van der Waals surface area contributed by atoms with Gasteiger partial charge in [-0.05, 0) is 31.0 Å². The molecular weight excluding hydrogens is 352 g/mol. The predicted octanol–water partition coefficient (Wildman–Crippen LogP) is 3.34. The second-order valence-electron chi connectivity index (χ2n) is 5.86. The minimum atomic E-state index is -3.95. The molecule has 138 valence electrons. The molecule has 0 amide bonds. The second kappa shape index (κ2) is 9.31. The third-order valence-corrected chi connectivity index (χ3v) is 5.96. The van der Waals surface area contributed by atoms with Crippen molar-refractivity contribution in [2.45, 2.75) is 23.5 Å². The van der Waals surface area contributed by atoms with Gasteiger partial charge < -0.3 is 9.84 Å². The molecular formula is C20H22O5S. The first-order chi connectivity index (χ1) is 12.4. The summed E-state index contributed by atoms with van der Waals surface area (Å²) in [5, 5.41) is 7.80. The van der Waals surface area contributed by atoms with E-state index in [1.165, 1.54) is 12.1 Å². The van der Waals surface area contributed by atoms with Crippen molar-refractivity contribution in [3.05, 3.63) is 71.8 Å². The third kappa shape index (κ3) is 5.54. The van der Waals surface area contributed by atoms with Crippen LogP contribution in [0.15, 0.2) is 65.6 Å². The Morgan fingerprint density at radius 2 is 1.77 bits per heavy atom. The van der Waals surface area contributed by atoms with Gasteiger partial charge in [-0.3, -0.25) is 4.79 Å². The molecule has 0 spiro atoms. The van der Waals surface area contributed by atoms with Crippen molar-refractivity contribution in [3.8, 4) is 0 Å². The number of aliphatic carboxylic acids is 1. The number of sulfone groups is 1. The van der Waals surface area contributed by atoms with Crippen LogP contribution in [0.5, 0.6) is 0 Å². The number of hydrogen-bond acceptors (Lipinski definition) is 4. The molecule has 0 aliphatic rings. The van der Waals surface area contributed by atoms with Crippen LogP contribution in [0.25, 0.3) is 6.08 Å². The van der Waals surface area contributed by atoms with Gasteiger partial charge in [-0.25, -0.2) is 8.42 Å². The van der Waals surface area contributed by atoms with Gasteiger partial charge in [0.2, 0.25) is 0 Å². The Morgan fingerprint density at radius 3 is 2.38 bits per heavy atom. The van der Waals surface area contributed by atoms with Gasteiger partial charge in [0, 0.05) is 6.61 Å². The van der Waals surface area contributed by atoms with Crippen LogP contribution in [0.4, 0.5) is 0 Å². The molecule has 0 aliphatic heterocycles. The molecule has 0 aromatic heterocycles. The summed E-state index contributed by atoms with van der Waals surface area (Å²) in [6.07, 6.45) is 3.59. The summed E-state index contributed by atoms with van der Waals surface area (Å²) in [5.41, 5.74) is 1.94. The molecule has 5 nitrogen and oxygen atoms in total. The van der Waals surface area contributed by atoms with E-state index in [2.05, 4.69) is 0 Å². The molecule has 2 aromatic carbocycles. The molecule has 2 aromatic rings. The first kappa shape index (κ1) is 19.9. The molecule has 0 radical (unpaired) electrons. The van der Waals surface area contributed by atoms with Crippen LogP contribution in [0.3, 0.4) is 0 Å². The van der Waals surface area contributed by atoms with Crippen molar-refractivity contribution in [1.82, 2.24) is 0 Å². The number of aryl methyl sites for hydroxylation is 1. The number of hydrogen-bond donors (Lipinski definition) is 1. The normalized spacial score (nSPS) is 13.0. The lowest BCUT2D eigenvalue weighted by molar-refractivity contribution is -0.136. The van der Waals surface area contributed by atoms with Gasteiger partial charge in [-0.2, -0.15) is 0 Å². The molecule has 1 N–H and O–H groups in total. The summed E-state index contributed by atoms with van der Waals surface area (Å²) >= 11 is 0. The van der Waals surface area contributed by atoms with E-state index in [-0.39, 0.29) is 24.5 Å². The molecule has 1 unspecified atom stereocenters. The van der Waals surface area contributed by atoms with E-state index in [0.717, 1.165) is 11.1 Å². The van der Waals surface area contributed by atoms with E-state index in [4.69, 9.17) is 4.74 Å². The topological polar surface area (TPSA) is 80.7 Å². The van der Waals surface area contributed by atoms with Crippen LogP contribution < -0.4 is 0 Å². The fourth-order valence-electron chi connectivity index (χ4n) is 2.39. The SMILES string of the molecule is Cc1ccc(S(=O)(=O)C(CCOC/C=C/c2ccccc2)C(=O)O)cc1. The standard InChI is InChI=1S/C20H22O5S/c1-16-9-11-18(12-10-16)26(23,24)19(20(21)22)13-15-25-14-5-8-17-6-3-2-4-7-17/h2-12,19H,13-15H2,1H3,(H,21,22)/b8-5+. The van der Waals surface area contributed by atoms with Gasteiger partial charge in [0.05, 0.1) is 11.5 Å². The van der Waals surface area contributed by atoms with E-state index in [1.54, 1.807) is 18.2 Å². The van der Waals surface area contributed by atoms with Crippen LogP contribution in [-0.4, -0.2) is 38.0 Å². The summed E-state index contributed by atoms with van der Waals surface area (Å²) in [7, 11) is -3.95. The van der Waals surface area contributed by atoms with Gasteiger partial charge in [0.25, 0.3) is 0 Å². The Balaban J connectivity index is 1.91. The van der Waals surface area contributed by atoms with E-state index >= 15 is 0 Å². The maximum atomic E-state index is 12.5. The smallest absolute Gasteiger partial charge is 0.322 e. The average Bonchev–Trinajstić information content (AvgIpc) is 2.61. The highest BCUT2D eigenvalue weighted by Crippen LogP contribution is 2.19. The maximum Gasteiger partial charge on any atom is 0.322 e. The van der Waals surface area contributed by atoms with E-state index in [0.29, 0.717) is 0 Å². The lowest BCUT2D eigenvalue weighted by atomic mass is 10.2. The summed E-state index contributed by atoms with van der Waals surface area (Å²) in [6.45, 7) is 2.16. The monoisotopic (exact) mass is 374 g/mol. The van der Waals surface area contributed by atoms with Gasteiger partial charge in [0.1, 0.15) is 0 Å². The van der Waals surface area contributed by atoms with Crippen LogP contribution in [0.2, 0.25) is 0 Å². The minimum Gasteiger partial charge on any atom is -0.480 e. The van der Waals surface area contributed by atoms with Crippen LogP contribution in [-0.2, 0) is 19.4 Å². The molecule has 0 fully saturated rings. The van der Waals surface area contributed by atoms with Crippen LogP contribution in [0.1, 0.15) is 17.5 Å². The highest BCUT2D eigenvalue weighted by molar-refractivity contribution is 7.92. The minimum absolute atomic E-state index is 0.0134. The fraction of sp³-hybridized carbons (Fsp3) is 0.250. The largest absolute Gasteiger partial charge is 0.480 e. The first-order valence-corrected chi connectivity index (χ1v) is 9.78. The molecule has 1 atom stereocenters. The zero-order valence-electron chi connectivity index (χ0n) is 14.5. The van der Waals surface area contributed by atoms with Crippen molar-refractivity contribution >= 4 is 21.9 Å². The Morgan fingerprint density at radius 1 is 1.12 bits per heavy atom. The molecule has 0 bridgehead atoms. The molecule has 26 heavy (non-hydrogen) atoms. The molecule has 0 heterocycles. The number of rotatable bonds is 9. The van der Waals surface area contributed by atoms with Crippen LogP contribution >= 0.6 is 0 Å². The third-order valence-electron chi connectivity index (χ3n) is 3.85. The van der Waals surface area contributed by atoms with Crippen molar-refractivity contribution in [1.29, 1.82) is 0 Å². The second-order valence-corrected chi connectivity index (χ2v) is 7.99. The predicted molar refractivity (Wildman–Crippen MR) is 101 cm³/mol. The molecule has 0 saturated carbocycles. The first-order valence-electron chi connectivity index (χ1n) is 8.24. The summed E-state index contributed by atoms with van der Waals surface area (Å²) < 4.78 is 30.5. The Bertz CT molecular complexity index is 840. The Labute approximate surface area is 153 Å². The number of ether oxygens (including phenoxy) is 1. The summed E-state index contributed by atoms with van der Waals surface area (Å²) in [6, 6.07) is 15.8. The number of carboxylic acids is 1. The van der Waals surface area contributed by atoms with E-state index in [9.17, 15) is 18.3 Å². The zero-order chi connectivity index (χ0) is 19.0.